The lowest BCUT2D eigenvalue weighted by Gasteiger charge is -2.14. The Hall–Kier alpha value is -0.660. The zero-order chi connectivity index (χ0) is 12.2. The largest absolute Gasteiger partial charge is 0.345 e. The summed E-state index contributed by atoms with van der Waals surface area (Å²) in [5.41, 5.74) is 4.86. The number of nitrogens with two attached hydrogens (primary N) is 1. The van der Waals surface area contributed by atoms with E-state index in [-0.39, 0.29) is 0 Å². The van der Waals surface area contributed by atoms with Gasteiger partial charge in [0.15, 0.2) is 0 Å². The van der Waals surface area contributed by atoms with Crippen molar-refractivity contribution in [3.05, 3.63) is 16.3 Å². The van der Waals surface area contributed by atoms with E-state index >= 15 is 0 Å². The molecule has 0 bridgehead atoms. The number of rotatable bonds is 5. The maximum absolute atomic E-state index is 12.8. The van der Waals surface area contributed by atoms with Crippen LogP contribution >= 0.6 is 23.1 Å². The predicted molar refractivity (Wildman–Crippen MR) is 62.4 cm³/mol. The molecular formula is C9H12F2N2OS2. The Balaban J connectivity index is 2.60. The van der Waals surface area contributed by atoms with Gasteiger partial charge in [-0.1, -0.05) is 0 Å². The minimum absolute atomic E-state index is 0.459. The first-order chi connectivity index (χ1) is 7.50. The van der Waals surface area contributed by atoms with E-state index in [0.29, 0.717) is 4.88 Å². The molecule has 0 aliphatic heterocycles. The van der Waals surface area contributed by atoms with E-state index < -0.39 is 24.9 Å². The molecule has 1 amide bonds. The number of carbonyl (C=O) groups excluding carboxylic acids is 1. The lowest BCUT2D eigenvalue weighted by atomic mass is 10.3. The smallest absolute Gasteiger partial charge is 0.277 e. The highest BCUT2D eigenvalue weighted by Crippen LogP contribution is 2.25. The highest BCUT2D eigenvalue weighted by atomic mass is 32.2. The number of carbonyl (C=O) groups is 1. The molecule has 3 N–H and O–H groups in total. The Labute approximate surface area is 100 Å². The number of alkyl halides is 2. The fourth-order valence-electron chi connectivity index (χ4n) is 0.986. The van der Waals surface area contributed by atoms with Gasteiger partial charge in [0.05, 0.1) is 13.1 Å². The molecule has 1 aromatic heterocycles. The zero-order valence-corrected chi connectivity index (χ0v) is 10.3. The number of nitrogens with one attached hydrogen (secondary N) is 1. The molecule has 1 aromatic rings. The maximum atomic E-state index is 12.8. The minimum Gasteiger partial charge on any atom is -0.345 e. The molecule has 0 spiro atoms. The topological polar surface area (TPSA) is 55.1 Å². The molecule has 0 saturated heterocycles. The number of amides is 1. The molecule has 0 unspecified atom stereocenters. The highest BCUT2D eigenvalue weighted by Gasteiger charge is 2.27. The third-order valence-electron chi connectivity index (χ3n) is 1.86. The van der Waals surface area contributed by atoms with Gasteiger partial charge >= 0.3 is 0 Å². The summed E-state index contributed by atoms with van der Waals surface area (Å²) < 4.78 is 25.6. The molecular weight excluding hydrogens is 254 g/mol. The minimum atomic E-state index is -3.05. The quantitative estimate of drug-likeness (QED) is 0.799. The number of hydrogen-bond acceptors (Lipinski definition) is 4. The third-order valence-corrected chi connectivity index (χ3v) is 3.68. The van der Waals surface area contributed by atoms with Crippen molar-refractivity contribution >= 4 is 29.0 Å². The molecule has 0 atom stereocenters. The van der Waals surface area contributed by atoms with Gasteiger partial charge in [0.1, 0.15) is 4.88 Å². The molecule has 3 nitrogen and oxygen atoms in total. The van der Waals surface area contributed by atoms with Gasteiger partial charge in [0.25, 0.3) is 11.8 Å². The van der Waals surface area contributed by atoms with Gasteiger partial charge in [0, 0.05) is 4.90 Å². The van der Waals surface area contributed by atoms with Crippen molar-refractivity contribution in [2.75, 3.05) is 19.3 Å². The van der Waals surface area contributed by atoms with Gasteiger partial charge in [-0.25, -0.2) is 8.78 Å². The molecule has 0 aromatic carbocycles. The molecule has 1 heterocycles. The molecule has 16 heavy (non-hydrogen) atoms. The Morgan fingerprint density at radius 1 is 1.69 bits per heavy atom. The molecule has 0 aliphatic rings. The predicted octanol–water partition coefficient (Wildman–Crippen LogP) is 1.79. The Bertz CT molecular complexity index is 368. The van der Waals surface area contributed by atoms with Gasteiger partial charge in [-0.15, -0.1) is 23.1 Å². The van der Waals surface area contributed by atoms with Crippen LogP contribution in [0.3, 0.4) is 0 Å². The highest BCUT2D eigenvalue weighted by molar-refractivity contribution is 7.98. The van der Waals surface area contributed by atoms with Crippen molar-refractivity contribution in [2.24, 2.45) is 5.73 Å². The SMILES string of the molecule is CSc1ccsc1C(=O)NCC(F)(F)CN. The van der Waals surface area contributed by atoms with Crippen molar-refractivity contribution < 1.29 is 13.6 Å². The van der Waals surface area contributed by atoms with Crippen LogP contribution in [0.5, 0.6) is 0 Å². The van der Waals surface area contributed by atoms with Crippen LogP contribution in [0.25, 0.3) is 0 Å². The van der Waals surface area contributed by atoms with Crippen LogP contribution in [-0.4, -0.2) is 31.2 Å². The lowest BCUT2D eigenvalue weighted by molar-refractivity contribution is 0.0119. The monoisotopic (exact) mass is 266 g/mol. The normalized spacial score (nSPS) is 11.5. The van der Waals surface area contributed by atoms with Gasteiger partial charge in [0.2, 0.25) is 0 Å². The van der Waals surface area contributed by atoms with Crippen LogP contribution in [0.2, 0.25) is 0 Å². The second kappa shape index (κ2) is 5.60. The van der Waals surface area contributed by atoms with E-state index in [0.717, 1.165) is 4.90 Å². The standard InChI is InChI=1S/C9H12F2N2OS2/c1-15-6-2-3-16-7(6)8(14)13-5-9(10,11)4-12/h2-3H,4-5,12H2,1H3,(H,13,14). The Morgan fingerprint density at radius 2 is 2.38 bits per heavy atom. The van der Waals surface area contributed by atoms with E-state index in [2.05, 4.69) is 5.32 Å². The van der Waals surface area contributed by atoms with Crippen molar-refractivity contribution in [1.29, 1.82) is 0 Å². The average molecular weight is 266 g/mol. The van der Waals surface area contributed by atoms with Crippen molar-refractivity contribution in [2.45, 2.75) is 10.8 Å². The summed E-state index contributed by atoms with van der Waals surface area (Å²) in [5.74, 6) is -3.53. The molecule has 90 valence electrons. The molecule has 1 rings (SSSR count). The number of thiophene rings is 1. The van der Waals surface area contributed by atoms with Crippen LogP contribution in [-0.2, 0) is 0 Å². The number of hydrogen-bond donors (Lipinski definition) is 2. The molecule has 7 heteroatoms. The summed E-state index contributed by atoms with van der Waals surface area (Å²) >= 11 is 2.64. The molecule has 0 saturated carbocycles. The van der Waals surface area contributed by atoms with E-state index in [1.54, 1.807) is 11.4 Å². The van der Waals surface area contributed by atoms with Crippen LogP contribution in [0.1, 0.15) is 9.67 Å². The summed E-state index contributed by atoms with van der Waals surface area (Å²) in [6, 6.07) is 1.78. The van der Waals surface area contributed by atoms with Gasteiger partial charge in [-0.05, 0) is 17.7 Å². The van der Waals surface area contributed by atoms with Gasteiger partial charge < -0.3 is 11.1 Å². The van der Waals surface area contributed by atoms with E-state index in [1.807, 2.05) is 6.26 Å². The first-order valence-electron chi connectivity index (χ1n) is 4.48. The maximum Gasteiger partial charge on any atom is 0.277 e. The Kier molecular flexibility index (Phi) is 4.69. The first kappa shape index (κ1) is 13.4. The van der Waals surface area contributed by atoms with Crippen LogP contribution in [0.4, 0.5) is 8.78 Å². The van der Waals surface area contributed by atoms with E-state index in [4.69, 9.17) is 5.73 Å². The lowest BCUT2D eigenvalue weighted by Crippen LogP contribution is -2.41. The summed E-state index contributed by atoms with van der Waals surface area (Å²) in [5, 5.41) is 3.93. The zero-order valence-electron chi connectivity index (χ0n) is 8.63. The molecule has 0 radical (unpaired) electrons. The number of halogens is 2. The van der Waals surface area contributed by atoms with Gasteiger partial charge in [-0.3, -0.25) is 4.79 Å². The second-order valence-electron chi connectivity index (χ2n) is 3.06. The van der Waals surface area contributed by atoms with E-state index in [9.17, 15) is 13.6 Å². The van der Waals surface area contributed by atoms with Crippen LogP contribution < -0.4 is 11.1 Å². The van der Waals surface area contributed by atoms with Crippen LogP contribution in [0.15, 0.2) is 16.3 Å². The first-order valence-corrected chi connectivity index (χ1v) is 6.58. The molecule has 0 aliphatic carbocycles. The number of thioether (sulfide) groups is 1. The van der Waals surface area contributed by atoms with Crippen molar-refractivity contribution in [1.82, 2.24) is 5.32 Å². The van der Waals surface area contributed by atoms with E-state index in [1.165, 1.54) is 23.1 Å². The molecule has 0 fully saturated rings. The third kappa shape index (κ3) is 3.43. The van der Waals surface area contributed by atoms with Crippen LogP contribution in [0, 0.1) is 0 Å². The van der Waals surface area contributed by atoms with Crippen molar-refractivity contribution in [3.8, 4) is 0 Å². The summed E-state index contributed by atoms with van der Waals surface area (Å²) in [4.78, 5) is 12.8. The fourth-order valence-corrected chi connectivity index (χ4v) is 2.65. The van der Waals surface area contributed by atoms with Gasteiger partial charge in [-0.2, -0.15) is 0 Å². The summed E-state index contributed by atoms with van der Waals surface area (Å²) in [7, 11) is 0. The Morgan fingerprint density at radius 3 is 2.94 bits per heavy atom. The fraction of sp³-hybridized carbons (Fsp3) is 0.444. The average Bonchev–Trinajstić information content (AvgIpc) is 2.74. The second-order valence-corrected chi connectivity index (χ2v) is 4.83. The summed E-state index contributed by atoms with van der Waals surface area (Å²) in [6.07, 6.45) is 1.83. The van der Waals surface area contributed by atoms with Crippen molar-refractivity contribution in [3.63, 3.8) is 0 Å². The summed E-state index contributed by atoms with van der Waals surface area (Å²) in [6.45, 7) is -1.50.